The fraction of sp³-hybridized carbons (Fsp3) is 0.364. The lowest BCUT2D eigenvalue weighted by molar-refractivity contribution is -0.118. The van der Waals surface area contributed by atoms with Crippen molar-refractivity contribution in [1.82, 2.24) is 0 Å². The molecule has 4 nitrogen and oxygen atoms in total. The normalized spacial score (nSPS) is 12.2. The summed E-state index contributed by atoms with van der Waals surface area (Å²) in [6, 6.07) is 5.26. The van der Waals surface area contributed by atoms with Crippen molar-refractivity contribution in [3.05, 3.63) is 27.7 Å². The molecule has 3 N–H and O–H groups in total. The quantitative estimate of drug-likeness (QED) is 0.875. The first-order valence-electron chi connectivity index (χ1n) is 5.05. The predicted octanol–water partition coefficient (Wildman–Crippen LogP) is 2.40. The number of amides is 1. The number of carbonyl (C=O) groups is 1. The van der Waals surface area contributed by atoms with E-state index < -0.39 is 0 Å². The van der Waals surface area contributed by atoms with Crippen molar-refractivity contribution in [2.45, 2.75) is 12.5 Å². The Morgan fingerprint density at radius 1 is 1.65 bits per heavy atom. The van der Waals surface area contributed by atoms with Crippen LogP contribution in [-0.4, -0.2) is 25.7 Å². The van der Waals surface area contributed by atoms with Gasteiger partial charge in [-0.2, -0.15) is 0 Å². The van der Waals surface area contributed by atoms with Crippen LogP contribution >= 0.6 is 27.5 Å². The summed E-state index contributed by atoms with van der Waals surface area (Å²) in [7, 11) is 1.53. The minimum Gasteiger partial charge on any atom is -0.380 e. The highest BCUT2D eigenvalue weighted by Crippen LogP contribution is 2.30. The third-order valence-corrected chi connectivity index (χ3v) is 3.63. The second-order valence-corrected chi connectivity index (χ2v) is 4.65. The maximum atomic E-state index is 11.7. The van der Waals surface area contributed by atoms with Gasteiger partial charge in [0, 0.05) is 13.7 Å². The first-order chi connectivity index (χ1) is 8.08. The van der Waals surface area contributed by atoms with Gasteiger partial charge < -0.3 is 15.8 Å². The molecule has 0 aliphatic heterocycles. The van der Waals surface area contributed by atoms with E-state index in [2.05, 4.69) is 21.2 Å². The molecule has 0 saturated heterocycles. The molecule has 0 bridgehead atoms. The van der Waals surface area contributed by atoms with Crippen LogP contribution in [0.1, 0.15) is 6.42 Å². The molecule has 1 aromatic carbocycles. The van der Waals surface area contributed by atoms with Crippen molar-refractivity contribution >= 4 is 39.1 Å². The molecule has 0 radical (unpaired) electrons. The predicted molar refractivity (Wildman–Crippen MR) is 72.3 cm³/mol. The number of anilines is 1. The number of carbonyl (C=O) groups excluding carboxylic acids is 1. The van der Waals surface area contributed by atoms with Crippen molar-refractivity contribution in [2.75, 3.05) is 19.0 Å². The van der Waals surface area contributed by atoms with Gasteiger partial charge in [-0.3, -0.25) is 4.79 Å². The molecule has 94 valence electrons. The standard InChI is InChI=1S/C11H14BrClN2O2/c1-17-7(6-14)5-10(16)15-9-4-2-3-8(13)11(9)12/h2-4,7H,5-6,14H2,1H3,(H,15,16). The summed E-state index contributed by atoms with van der Waals surface area (Å²) in [5, 5.41) is 3.29. The summed E-state index contributed by atoms with van der Waals surface area (Å²) in [5.74, 6) is -0.162. The first kappa shape index (κ1) is 14.4. The molecule has 0 aliphatic rings. The van der Waals surface area contributed by atoms with Gasteiger partial charge in [0.25, 0.3) is 0 Å². The van der Waals surface area contributed by atoms with Crippen LogP contribution in [0, 0.1) is 0 Å². The molecule has 0 saturated carbocycles. The first-order valence-corrected chi connectivity index (χ1v) is 6.22. The van der Waals surface area contributed by atoms with E-state index in [4.69, 9.17) is 22.1 Å². The minimum absolute atomic E-state index is 0.162. The molecule has 0 aliphatic carbocycles. The number of benzene rings is 1. The number of nitrogens with two attached hydrogens (primary N) is 1. The Morgan fingerprint density at radius 2 is 2.35 bits per heavy atom. The Labute approximate surface area is 114 Å². The Kier molecular flexibility index (Phi) is 5.91. The maximum absolute atomic E-state index is 11.7. The lowest BCUT2D eigenvalue weighted by Crippen LogP contribution is -2.28. The highest BCUT2D eigenvalue weighted by atomic mass is 79.9. The number of rotatable bonds is 5. The number of nitrogens with one attached hydrogen (secondary N) is 1. The van der Waals surface area contributed by atoms with E-state index in [1.54, 1.807) is 18.2 Å². The summed E-state index contributed by atoms with van der Waals surface area (Å²) in [6.07, 6.45) is -0.0562. The van der Waals surface area contributed by atoms with Crippen LogP contribution in [0.25, 0.3) is 0 Å². The molecule has 0 spiro atoms. The van der Waals surface area contributed by atoms with Crippen LogP contribution in [0.5, 0.6) is 0 Å². The summed E-state index contributed by atoms with van der Waals surface area (Å²) >= 11 is 9.22. The van der Waals surface area contributed by atoms with E-state index in [0.29, 0.717) is 21.7 Å². The molecule has 0 aromatic heterocycles. The number of ether oxygens (including phenoxy) is 1. The molecule has 0 fully saturated rings. The zero-order valence-corrected chi connectivity index (χ0v) is 11.7. The molecule has 1 aromatic rings. The SMILES string of the molecule is COC(CN)CC(=O)Nc1cccc(Cl)c1Br. The molecule has 1 rings (SSSR count). The summed E-state index contributed by atoms with van der Waals surface area (Å²) in [6.45, 7) is 0.306. The van der Waals surface area contributed by atoms with Gasteiger partial charge in [-0.25, -0.2) is 0 Å². The second-order valence-electron chi connectivity index (χ2n) is 3.45. The topological polar surface area (TPSA) is 64.3 Å². The van der Waals surface area contributed by atoms with Crippen molar-refractivity contribution in [2.24, 2.45) is 5.73 Å². The van der Waals surface area contributed by atoms with Gasteiger partial charge in [0.2, 0.25) is 5.91 Å². The lowest BCUT2D eigenvalue weighted by atomic mass is 10.2. The maximum Gasteiger partial charge on any atom is 0.227 e. The van der Waals surface area contributed by atoms with Gasteiger partial charge in [-0.05, 0) is 28.1 Å². The van der Waals surface area contributed by atoms with Crippen molar-refractivity contribution in [3.8, 4) is 0 Å². The Bertz CT molecular complexity index is 397. The second kappa shape index (κ2) is 6.96. The summed E-state index contributed by atoms with van der Waals surface area (Å²) in [4.78, 5) is 11.7. The van der Waals surface area contributed by atoms with Crippen molar-refractivity contribution < 1.29 is 9.53 Å². The highest BCUT2D eigenvalue weighted by Gasteiger charge is 2.13. The van der Waals surface area contributed by atoms with E-state index in [-0.39, 0.29) is 18.4 Å². The van der Waals surface area contributed by atoms with Crippen LogP contribution < -0.4 is 11.1 Å². The largest absolute Gasteiger partial charge is 0.380 e. The zero-order valence-electron chi connectivity index (χ0n) is 9.37. The Hall–Kier alpha value is -0.620. The van der Waals surface area contributed by atoms with Gasteiger partial charge >= 0.3 is 0 Å². The smallest absolute Gasteiger partial charge is 0.227 e. The fourth-order valence-corrected chi connectivity index (χ4v) is 1.81. The monoisotopic (exact) mass is 320 g/mol. The average molecular weight is 322 g/mol. The molecular weight excluding hydrogens is 307 g/mol. The minimum atomic E-state index is -0.270. The zero-order chi connectivity index (χ0) is 12.8. The number of methoxy groups -OCH3 is 1. The molecule has 6 heteroatoms. The van der Waals surface area contributed by atoms with Crippen LogP contribution in [0.3, 0.4) is 0 Å². The van der Waals surface area contributed by atoms with Crippen LogP contribution in [0.2, 0.25) is 5.02 Å². The van der Waals surface area contributed by atoms with Crippen LogP contribution in [-0.2, 0) is 9.53 Å². The van der Waals surface area contributed by atoms with Gasteiger partial charge in [0.05, 0.1) is 27.7 Å². The third kappa shape index (κ3) is 4.27. The van der Waals surface area contributed by atoms with E-state index >= 15 is 0 Å². The summed E-state index contributed by atoms with van der Waals surface area (Å²) in [5.41, 5.74) is 6.08. The number of hydrogen-bond acceptors (Lipinski definition) is 3. The molecule has 1 amide bonds. The number of hydrogen-bond donors (Lipinski definition) is 2. The summed E-state index contributed by atoms with van der Waals surface area (Å²) < 4.78 is 5.70. The van der Waals surface area contributed by atoms with Crippen molar-refractivity contribution in [1.29, 1.82) is 0 Å². The average Bonchev–Trinajstić information content (AvgIpc) is 2.32. The highest BCUT2D eigenvalue weighted by molar-refractivity contribution is 9.10. The molecule has 17 heavy (non-hydrogen) atoms. The lowest BCUT2D eigenvalue weighted by Gasteiger charge is -2.13. The van der Waals surface area contributed by atoms with E-state index in [1.165, 1.54) is 7.11 Å². The van der Waals surface area contributed by atoms with Gasteiger partial charge in [-0.1, -0.05) is 17.7 Å². The Balaban J connectivity index is 2.65. The van der Waals surface area contributed by atoms with Crippen molar-refractivity contribution in [3.63, 3.8) is 0 Å². The Morgan fingerprint density at radius 3 is 2.94 bits per heavy atom. The third-order valence-electron chi connectivity index (χ3n) is 2.23. The number of halogens is 2. The molecule has 0 heterocycles. The molecular formula is C11H14BrClN2O2. The van der Waals surface area contributed by atoms with E-state index in [9.17, 15) is 4.79 Å². The fourth-order valence-electron chi connectivity index (χ4n) is 1.27. The van der Waals surface area contributed by atoms with Crippen LogP contribution in [0.15, 0.2) is 22.7 Å². The van der Waals surface area contributed by atoms with Gasteiger partial charge in [0.1, 0.15) is 0 Å². The van der Waals surface area contributed by atoms with E-state index in [1.807, 2.05) is 0 Å². The molecule has 1 atom stereocenters. The molecule has 1 unspecified atom stereocenters. The van der Waals surface area contributed by atoms with Gasteiger partial charge in [-0.15, -0.1) is 0 Å². The van der Waals surface area contributed by atoms with Gasteiger partial charge in [0.15, 0.2) is 0 Å². The van der Waals surface area contributed by atoms with Crippen LogP contribution in [0.4, 0.5) is 5.69 Å². The van der Waals surface area contributed by atoms with E-state index in [0.717, 1.165) is 0 Å².